The Bertz CT molecular complexity index is 1260. The number of aliphatic carboxylic acids is 1. The first kappa shape index (κ1) is 29.1. The van der Waals surface area contributed by atoms with E-state index in [4.69, 9.17) is 26.8 Å². The third kappa shape index (κ3) is 7.81. The highest BCUT2D eigenvalue weighted by Crippen LogP contribution is 2.37. The van der Waals surface area contributed by atoms with Crippen LogP contribution in [0.3, 0.4) is 0 Å². The van der Waals surface area contributed by atoms with E-state index in [1.807, 2.05) is 0 Å². The molecule has 2 aromatic rings. The maximum Gasteiger partial charge on any atom is 0.416 e. The molecule has 2 heterocycles. The minimum absolute atomic E-state index is 0.0870. The standard InChI is InChI=1S/C27H27F3N2O5S2/c28-27(29,30)21-4-1-3-18(16-21)19-6-7-22(37-14-11-31-9-12-36-13-10-31)20(15-19)17-23-25(35)32(26(38)39-23)8-2-5-24(33)34/h1,3-4,6-7,15-17H,2,5,8-14H2,(H,33,34)/b23-17-. The molecule has 7 nitrogen and oxygen atoms in total. The smallest absolute Gasteiger partial charge is 0.416 e. The molecule has 39 heavy (non-hydrogen) atoms. The van der Waals surface area contributed by atoms with Crippen LogP contribution in [0.1, 0.15) is 24.0 Å². The number of carbonyl (C=O) groups excluding carboxylic acids is 1. The molecule has 1 N–H and O–H groups in total. The van der Waals surface area contributed by atoms with E-state index in [0.29, 0.717) is 58.0 Å². The number of hydrogen-bond donors (Lipinski definition) is 1. The second-order valence-corrected chi connectivity index (χ2v) is 10.6. The molecular weight excluding hydrogens is 553 g/mol. The number of alkyl halides is 3. The number of benzene rings is 2. The molecule has 0 aromatic heterocycles. The van der Waals surface area contributed by atoms with Crippen LogP contribution < -0.4 is 4.74 Å². The molecule has 0 radical (unpaired) electrons. The third-order valence-corrected chi connectivity index (χ3v) is 7.61. The normalized spacial score (nSPS) is 17.7. The van der Waals surface area contributed by atoms with Crippen molar-refractivity contribution in [3.05, 3.63) is 58.5 Å². The van der Waals surface area contributed by atoms with Crippen molar-refractivity contribution < 1.29 is 37.3 Å². The summed E-state index contributed by atoms with van der Waals surface area (Å²) in [7, 11) is 0. The number of nitrogens with zero attached hydrogens (tertiary/aromatic N) is 2. The van der Waals surface area contributed by atoms with Gasteiger partial charge in [0.2, 0.25) is 0 Å². The third-order valence-electron chi connectivity index (χ3n) is 6.23. The van der Waals surface area contributed by atoms with Gasteiger partial charge in [-0.2, -0.15) is 13.2 Å². The quantitative estimate of drug-likeness (QED) is 0.306. The first-order valence-electron chi connectivity index (χ1n) is 12.3. The summed E-state index contributed by atoms with van der Waals surface area (Å²) < 4.78 is 51.7. The summed E-state index contributed by atoms with van der Waals surface area (Å²) in [5.41, 5.74) is 0.679. The SMILES string of the molecule is O=C(O)CCCN1C(=O)/C(=C/c2cc(-c3cccc(C(F)(F)F)c3)ccc2OCCN2CCOCC2)SC1=S. The van der Waals surface area contributed by atoms with E-state index in [1.165, 1.54) is 11.0 Å². The van der Waals surface area contributed by atoms with Crippen molar-refractivity contribution in [3.63, 3.8) is 0 Å². The molecule has 208 valence electrons. The predicted octanol–water partition coefficient (Wildman–Crippen LogP) is 5.15. The monoisotopic (exact) mass is 580 g/mol. The molecule has 0 spiro atoms. The summed E-state index contributed by atoms with van der Waals surface area (Å²) in [4.78, 5) is 27.8. The Morgan fingerprint density at radius 2 is 1.87 bits per heavy atom. The van der Waals surface area contributed by atoms with Crippen LogP contribution in [0, 0.1) is 0 Å². The van der Waals surface area contributed by atoms with E-state index < -0.39 is 17.7 Å². The molecule has 2 aliphatic heterocycles. The first-order valence-corrected chi connectivity index (χ1v) is 13.6. The topological polar surface area (TPSA) is 79.3 Å². The number of carboxylic acids is 1. The van der Waals surface area contributed by atoms with Gasteiger partial charge in [0.05, 0.1) is 23.7 Å². The zero-order valence-electron chi connectivity index (χ0n) is 20.9. The number of amides is 1. The van der Waals surface area contributed by atoms with Gasteiger partial charge in [-0.15, -0.1) is 0 Å². The Morgan fingerprint density at radius 1 is 1.13 bits per heavy atom. The number of carboxylic acid groups (broad SMARTS) is 1. The summed E-state index contributed by atoms with van der Waals surface area (Å²) in [6.45, 7) is 4.14. The lowest BCUT2D eigenvalue weighted by molar-refractivity contribution is -0.138. The fourth-order valence-corrected chi connectivity index (χ4v) is 5.48. The molecule has 0 bridgehead atoms. The van der Waals surface area contributed by atoms with Crippen LogP contribution in [0.2, 0.25) is 0 Å². The molecular formula is C27H27F3N2O5S2. The maximum absolute atomic E-state index is 13.3. The van der Waals surface area contributed by atoms with Gasteiger partial charge in [-0.25, -0.2) is 0 Å². The van der Waals surface area contributed by atoms with Crippen LogP contribution in [0.4, 0.5) is 13.2 Å². The van der Waals surface area contributed by atoms with E-state index in [1.54, 1.807) is 30.3 Å². The average Bonchev–Trinajstić information content (AvgIpc) is 3.17. The number of ether oxygens (including phenoxy) is 2. The van der Waals surface area contributed by atoms with Gasteiger partial charge in [0.15, 0.2) is 0 Å². The predicted molar refractivity (Wildman–Crippen MR) is 146 cm³/mol. The summed E-state index contributed by atoms with van der Waals surface area (Å²) in [6.07, 6.45) is -2.68. The maximum atomic E-state index is 13.3. The highest BCUT2D eigenvalue weighted by Gasteiger charge is 2.32. The highest BCUT2D eigenvalue weighted by atomic mass is 32.2. The zero-order chi connectivity index (χ0) is 28.0. The number of rotatable bonds is 10. The molecule has 0 unspecified atom stereocenters. The van der Waals surface area contributed by atoms with E-state index in [2.05, 4.69) is 4.90 Å². The zero-order valence-corrected chi connectivity index (χ0v) is 22.5. The van der Waals surface area contributed by atoms with Crippen LogP contribution in [0.15, 0.2) is 47.4 Å². The summed E-state index contributed by atoms with van der Waals surface area (Å²) in [6, 6.07) is 10.1. The van der Waals surface area contributed by atoms with Crippen molar-refractivity contribution in [2.75, 3.05) is 46.0 Å². The minimum atomic E-state index is -4.48. The van der Waals surface area contributed by atoms with Gasteiger partial charge in [-0.05, 0) is 47.9 Å². The van der Waals surface area contributed by atoms with Crippen molar-refractivity contribution >= 4 is 46.3 Å². The molecule has 0 atom stereocenters. The van der Waals surface area contributed by atoms with Crippen LogP contribution >= 0.6 is 24.0 Å². The van der Waals surface area contributed by atoms with Crippen molar-refractivity contribution in [2.24, 2.45) is 0 Å². The van der Waals surface area contributed by atoms with Crippen molar-refractivity contribution in [3.8, 4) is 16.9 Å². The lowest BCUT2D eigenvalue weighted by Crippen LogP contribution is -2.38. The van der Waals surface area contributed by atoms with Gasteiger partial charge in [0.1, 0.15) is 16.7 Å². The number of thioether (sulfide) groups is 1. The number of carbonyl (C=O) groups is 2. The van der Waals surface area contributed by atoms with E-state index in [-0.39, 0.29) is 25.3 Å². The first-order chi connectivity index (χ1) is 18.6. The molecule has 2 aromatic carbocycles. The summed E-state index contributed by atoms with van der Waals surface area (Å²) in [5, 5.41) is 8.89. The van der Waals surface area contributed by atoms with Crippen LogP contribution in [0.5, 0.6) is 5.75 Å². The van der Waals surface area contributed by atoms with Gasteiger partial charge in [0, 0.05) is 38.2 Å². The van der Waals surface area contributed by atoms with Crippen LogP contribution in [-0.4, -0.2) is 77.1 Å². The van der Waals surface area contributed by atoms with E-state index >= 15 is 0 Å². The molecule has 2 fully saturated rings. The van der Waals surface area contributed by atoms with Crippen molar-refractivity contribution in [1.82, 2.24) is 9.80 Å². The molecule has 12 heteroatoms. The lowest BCUT2D eigenvalue weighted by atomic mass is 10.00. The Kier molecular flexibility index (Phi) is 9.65. The molecule has 1 amide bonds. The summed E-state index contributed by atoms with van der Waals surface area (Å²) in [5.74, 6) is -0.824. The van der Waals surface area contributed by atoms with E-state index in [0.717, 1.165) is 37.0 Å². The molecule has 0 saturated carbocycles. The van der Waals surface area contributed by atoms with Crippen LogP contribution in [0.25, 0.3) is 17.2 Å². The molecule has 4 rings (SSSR count). The Morgan fingerprint density at radius 3 is 2.59 bits per heavy atom. The highest BCUT2D eigenvalue weighted by molar-refractivity contribution is 8.26. The second-order valence-electron chi connectivity index (χ2n) is 8.96. The van der Waals surface area contributed by atoms with Crippen LogP contribution in [-0.2, 0) is 20.5 Å². The van der Waals surface area contributed by atoms with Gasteiger partial charge in [0.25, 0.3) is 5.91 Å². The Balaban J connectivity index is 1.60. The largest absolute Gasteiger partial charge is 0.492 e. The summed E-state index contributed by atoms with van der Waals surface area (Å²) >= 11 is 6.44. The van der Waals surface area contributed by atoms with Gasteiger partial charge >= 0.3 is 12.1 Å². The Hall–Kier alpha value is -2.93. The van der Waals surface area contributed by atoms with Gasteiger partial charge in [-0.1, -0.05) is 42.2 Å². The minimum Gasteiger partial charge on any atom is -0.492 e. The second kappa shape index (κ2) is 12.9. The number of halogens is 3. The number of thiocarbonyl (C=S) groups is 1. The number of hydrogen-bond acceptors (Lipinski definition) is 7. The van der Waals surface area contributed by atoms with Gasteiger partial charge < -0.3 is 14.6 Å². The van der Waals surface area contributed by atoms with Crippen molar-refractivity contribution in [2.45, 2.75) is 19.0 Å². The Labute approximate surface area is 233 Å². The molecule has 2 aliphatic rings. The molecule has 0 aliphatic carbocycles. The fraction of sp³-hybridized carbons (Fsp3) is 0.370. The van der Waals surface area contributed by atoms with Gasteiger partial charge in [-0.3, -0.25) is 19.4 Å². The van der Waals surface area contributed by atoms with E-state index in [9.17, 15) is 22.8 Å². The molecule has 2 saturated heterocycles. The average molecular weight is 581 g/mol. The fourth-order valence-electron chi connectivity index (χ4n) is 4.18. The number of morpholine rings is 1. The van der Waals surface area contributed by atoms with Crippen molar-refractivity contribution in [1.29, 1.82) is 0 Å². The lowest BCUT2D eigenvalue weighted by Gasteiger charge is -2.26.